The Morgan fingerprint density at radius 2 is 2.10 bits per heavy atom. The molecule has 0 bridgehead atoms. The monoisotopic (exact) mass is 316 g/mol. The van der Waals surface area contributed by atoms with Gasteiger partial charge >= 0.3 is 0 Å². The molecular weight excluding hydrogens is 292 g/mol. The van der Waals surface area contributed by atoms with E-state index in [1.54, 1.807) is 7.11 Å². The predicted molar refractivity (Wildman–Crippen MR) is 87.1 cm³/mol. The largest absolute Gasteiger partial charge is 0.493 e. The van der Waals surface area contributed by atoms with Crippen molar-refractivity contribution in [3.05, 3.63) is 24.3 Å². The van der Waals surface area contributed by atoms with E-state index in [0.29, 0.717) is 24.8 Å². The summed E-state index contributed by atoms with van der Waals surface area (Å²) in [5.41, 5.74) is 6.20. The van der Waals surface area contributed by atoms with Crippen LogP contribution in [0.5, 0.6) is 5.75 Å². The maximum atomic E-state index is 11.8. The molecule has 0 saturated heterocycles. The van der Waals surface area contributed by atoms with Crippen LogP contribution in [-0.2, 0) is 9.53 Å². The number of halogens is 1. The lowest BCUT2D eigenvalue weighted by molar-refractivity contribution is -0.118. The van der Waals surface area contributed by atoms with E-state index in [2.05, 4.69) is 19.2 Å². The highest BCUT2D eigenvalue weighted by atomic mass is 35.5. The highest BCUT2D eigenvalue weighted by molar-refractivity contribution is 5.91. The predicted octanol–water partition coefficient (Wildman–Crippen LogP) is 2.45. The molecule has 1 aromatic carbocycles. The summed E-state index contributed by atoms with van der Waals surface area (Å²) in [4.78, 5) is 11.8. The lowest BCUT2D eigenvalue weighted by Gasteiger charge is -2.13. The van der Waals surface area contributed by atoms with Gasteiger partial charge in [-0.2, -0.15) is 0 Å². The third kappa shape index (κ3) is 7.90. The normalized spacial score (nSPS) is 11.7. The van der Waals surface area contributed by atoms with Crippen molar-refractivity contribution in [3.8, 4) is 5.75 Å². The van der Waals surface area contributed by atoms with E-state index < -0.39 is 0 Å². The van der Waals surface area contributed by atoms with Crippen molar-refractivity contribution in [1.82, 2.24) is 0 Å². The van der Waals surface area contributed by atoms with Gasteiger partial charge in [0.15, 0.2) is 0 Å². The van der Waals surface area contributed by atoms with E-state index in [4.69, 9.17) is 15.2 Å². The molecule has 0 aromatic heterocycles. The quantitative estimate of drug-likeness (QED) is 0.772. The fourth-order valence-electron chi connectivity index (χ4n) is 1.61. The Morgan fingerprint density at radius 1 is 1.38 bits per heavy atom. The van der Waals surface area contributed by atoms with Crippen molar-refractivity contribution in [1.29, 1.82) is 0 Å². The van der Waals surface area contributed by atoms with Crippen LogP contribution in [0.1, 0.15) is 20.3 Å². The zero-order valence-corrected chi connectivity index (χ0v) is 13.6. The Balaban J connectivity index is 0.00000400. The number of ether oxygens (including phenoxy) is 2. The molecule has 1 amide bonds. The van der Waals surface area contributed by atoms with Gasteiger partial charge in [0.25, 0.3) is 0 Å². The molecule has 6 heteroatoms. The minimum absolute atomic E-state index is 0. The minimum atomic E-state index is -0.254. The van der Waals surface area contributed by atoms with Gasteiger partial charge in [0.2, 0.25) is 5.91 Å². The fraction of sp³-hybridized carbons (Fsp3) is 0.533. The van der Waals surface area contributed by atoms with Crippen molar-refractivity contribution in [2.45, 2.75) is 26.4 Å². The number of hydrogen-bond acceptors (Lipinski definition) is 4. The maximum Gasteiger partial charge on any atom is 0.227 e. The van der Waals surface area contributed by atoms with Gasteiger partial charge in [-0.15, -0.1) is 12.4 Å². The highest BCUT2D eigenvalue weighted by Gasteiger charge is 2.11. The number of nitrogens with two attached hydrogens (primary N) is 1. The topological polar surface area (TPSA) is 73.6 Å². The van der Waals surface area contributed by atoms with E-state index >= 15 is 0 Å². The highest BCUT2D eigenvalue weighted by Crippen LogP contribution is 2.18. The number of methoxy groups -OCH3 is 1. The molecule has 1 rings (SSSR count). The maximum absolute atomic E-state index is 11.8. The lowest BCUT2D eigenvalue weighted by atomic mass is 10.2. The molecule has 5 nitrogen and oxygen atoms in total. The van der Waals surface area contributed by atoms with Crippen LogP contribution >= 0.6 is 12.4 Å². The van der Waals surface area contributed by atoms with Crippen LogP contribution in [0, 0.1) is 5.92 Å². The van der Waals surface area contributed by atoms with Crippen molar-refractivity contribution < 1.29 is 14.3 Å². The Morgan fingerprint density at radius 3 is 2.67 bits per heavy atom. The second-order valence-electron chi connectivity index (χ2n) is 5.08. The molecule has 0 heterocycles. The fourth-order valence-corrected chi connectivity index (χ4v) is 1.61. The van der Waals surface area contributed by atoms with Gasteiger partial charge in [0.1, 0.15) is 5.75 Å². The summed E-state index contributed by atoms with van der Waals surface area (Å²) < 4.78 is 10.7. The Labute approximate surface area is 132 Å². The number of amides is 1. The molecular formula is C15H25ClN2O3. The first-order valence-corrected chi connectivity index (χ1v) is 6.80. The molecule has 0 aliphatic heterocycles. The van der Waals surface area contributed by atoms with Crippen LogP contribution in [-0.4, -0.2) is 32.3 Å². The molecule has 120 valence electrons. The van der Waals surface area contributed by atoms with E-state index in [9.17, 15) is 4.79 Å². The summed E-state index contributed by atoms with van der Waals surface area (Å²) in [5, 5.41) is 2.81. The number of rotatable bonds is 8. The van der Waals surface area contributed by atoms with E-state index in [1.807, 2.05) is 24.3 Å². The number of carbonyl (C=O) groups is 1. The molecule has 1 unspecified atom stereocenters. The molecule has 0 fully saturated rings. The smallest absolute Gasteiger partial charge is 0.227 e. The van der Waals surface area contributed by atoms with Crippen molar-refractivity contribution in [2.75, 3.05) is 25.6 Å². The minimum Gasteiger partial charge on any atom is -0.493 e. The third-order valence-corrected chi connectivity index (χ3v) is 2.71. The molecule has 0 saturated carbocycles. The zero-order valence-electron chi connectivity index (χ0n) is 12.8. The first kappa shape index (κ1) is 19.7. The average Bonchev–Trinajstić information content (AvgIpc) is 2.43. The lowest BCUT2D eigenvalue weighted by Crippen LogP contribution is -2.28. The van der Waals surface area contributed by atoms with Gasteiger partial charge < -0.3 is 20.5 Å². The van der Waals surface area contributed by atoms with Gasteiger partial charge in [-0.3, -0.25) is 4.79 Å². The van der Waals surface area contributed by atoms with Crippen LogP contribution in [0.3, 0.4) is 0 Å². The molecule has 1 aromatic rings. The summed E-state index contributed by atoms with van der Waals surface area (Å²) >= 11 is 0. The van der Waals surface area contributed by atoms with E-state index in [1.165, 1.54) is 0 Å². The van der Waals surface area contributed by atoms with Gasteiger partial charge in [0, 0.05) is 25.4 Å². The average molecular weight is 317 g/mol. The van der Waals surface area contributed by atoms with Crippen LogP contribution < -0.4 is 15.8 Å². The Hall–Kier alpha value is -1.30. The van der Waals surface area contributed by atoms with E-state index in [-0.39, 0.29) is 30.8 Å². The first-order chi connectivity index (χ1) is 9.55. The standard InChI is InChI=1S/C15H24N2O3.ClH/c1-11(2)10-20-13-6-4-5-12(7-13)17-15(18)8-14(9-16)19-3;/h4-7,11,14H,8-10,16H2,1-3H3,(H,17,18);1H. The van der Waals surface area contributed by atoms with Gasteiger partial charge in [0.05, 0.1) is 19.1 Å². The molecule has 3 N–H and O–H groups in total. The number of carbonyl (C=O) groups excluding carboxylic acids is 1. The number of nitrogens with one attached hydrogen (secondary N) is 1. The summed E-state index contributed by atoms with van der Waals surface area (Å²) in [7, 11) is 1.55. The molecule has 0 spiro atoms. The third-order valence-electron chi connectivity index (χ3n) is 2.71. The molecule has 0 radical (unpaired) electrons. The number of benzene rings is 1. The Kier molecular flexibility index (Phi) is 9.78. The van der Waals surface area contributed by atoms with Gasteiger partial charge in [-0.1, -0.05) is 19.9 Å². The summed E-state index contributed by atoms with van der Waals surface area (Å²) in [6, 6.07) is 7.35. The van der Waals surface area contributed by atoms with Crippen LogP contribution in [0.15, 0.2) is 24.3 Å². The van der Waals surface area contributed by atoms with Crippen LogP contribution in [0.4, 0.5) is 5.69 Å². The van der Waals surface area contributed by atoms with Gasteiger partial charge in [-0.25, -0.2) is 0 Å². The van der Waals surface area contributed by atoms with E-state index in [0.717, 1.165) is 5.75 Å². The zero-order chi connectivity index (χ0) is 15.0. The first-order valence-electron chi connectivity index (χ1n) is 6.80. The number of hydrogen-bond donors (Lipinski definition) is 2. The number of anilines is 1. The van der Waals surface area contributed by atoms with Crippen LogP contribution in [0.2, 0.25) is 0 Å². The van der Waals surface area contributed by atoms with Crippen molar-refractivity contribution >= 4 is 24.0 Å². The SMILES string of the molecule is COC(CN)CC(=O)Nc1cccc(OCC(C)C)c1.Cl. The summed E-state index contributed by atoms with van der Waals surface area (Å²) in [6.45, 7) is 5.14. The summed E-state index contributed by atoms with van der Waals surface area (Å²) in [5.74, 6) is 1.09. The van der Waals surface area contributed by atoms with Crippen LogP contribution in [0.25, 0.3) is 0 Å². The molecule has 21 heavy (non-hydrogen) atoms. The molecule has 1 atom stereocenters. The Bertz CT molecular complexity index is 423. The molecule has 0 aliphatic carbocycles. The van der Waals surface area contributed by atoms with Crippen molar-refractivity contribution in [3.63, 3.8) is 0 Å². The van der Waals surface area contributed by atoms with Crippen molar-refractivity contribution in [2.24, 2.45) is 11.7 Å². The van der Waals surface area contributed by atoms with Gasteiger partial charge in [-0.05, 0) is 18.1 Å². The molecule has 0 aliphatic rings. The second-order valence-corrected chi connectivity index (χ2v) is 5.08. The second kappa shape index (κ2) is 10.4. The summed E-state index contributed by atoms with van der Waals surface area (Å²) in [6.07, 6.45) is -0.0141.